The van der Waals surface area contributed by atoms with E-state index in [2.05, 4.69) is 15.2 Å². The molecule has 34 heavy (non-hydrogen) atoms. The van der Waals surface area contributed by atoms with E-state index in [1.54, 1.807) is 0 Å². The van der Waals surface area contributed by atoms with Crippen molar-refractivity contribution in [3.63, 3.8) is 0 Å². The average Bonchev–Trinajstić information content (AvgIpc) is 3.04. The van der Waals surface area contributed by atoms with E-state index in [1.165, 1.54) is 13.8 Å². The second-order valence-corrected chi connectivity index (χ2v) is 8.42. The van der Waals surface area contributed by atoms with Gasteiger partial charge in [-0.1, -0.05) is 13.0 Å². The summed E-state index contributed by atoms with van der Waals surface area (Å²) in [5.74, 6) is -5.73. The first-order chi connectivity index (χ1) is 15.8. The molecule has 0 saturated carbocycles. The molecule has 1 saturated heterocycles. The van der Waals surface area contributed by atoms with E-state index in [0.29, 0.717) is 0 Å². The third-order valence-electron chi connectivity index (χ3n) is 6.58. The summed E-state index contributed by atoms with van der Waals surface area (Å²) in [6.07, 6.45) is -6.33. The summed E-state index contributed by atoms with van der Waals surface area (Å²) in [6, 6.07) is 2.93. The second-order valence-electron chi connectivity index (χ2n) is 8.42. The minimum absolute atomic E-state index is 0.0286. The largest absolute Gasteiger partial charge is 0.493 e. The van der Waals surface area contributed by atoms with Gasteiger partial charge in [-0.25, -0.2) is 9.49 Å². The molecule has 0 bridgehead atoms. The summed E-state index contributed by atoms with van der Waals surface area (Å²) in [5.41, 5.74) is -4.33. The number of aromatic amines is 2. The number of ether oxygens (including phenoxy) is 2. The van der Waals surface area contributed by atoms with Crippen LogP contribution in [0.1, 0.15) is 42.8 Å². The summed E-state index contributed by atoms with van der Waals surface area (Å²) < 4.78 is 81.2. The number of hydrogen-bond acceptors (Lipinski definition) is 5. The number of methoxy groups -OCH3 is 1. The highest BCUT2D eigenvalue weighted by molar-refractivity contribution is 5.79. The molecule has 4 rings (SSSR count). The number of fused-ring (bicyclic) bond motifs is 1. The number of pyridine rings is 1. The van der Waals surface area contributed by atoms with Gasteiger partial charge in [0.15, 0.2) is 22.6 Å². The van der Waals surface area contributed by atoms with Crippen molar-refractivity contribution in [1.29, 1.82) is 0 Å². The molecule has 0 radical (unpaired) electrons. The van der Waals surface area contributed by atoms with Gasteiger partial charge in [0.2, 0.25) is 5.82 Å². The molecule has 1 aromatic carbocycles. The Balaban J connectivity index is 2.01. The summed E-state index contributed by atoms with van der Waals surface area (Å²) in [5, 5.41) is 5.91. The Kier molecular flexibility index (Phi) is 5.54. The van der Waals surface area contributed by atoms with Crippen molar-refractivity contribution in [2.75, 3.05) is 7.11 Å². The number of halogens is 5. The van der Waals surface area contributed by atoms with Gasteiger partial charge in [0.05, 0.1) is 18.2 Å². The third kappa shape index (κ3) is 3.39. The lowest BCUT2D eigenvalue weighted by molar-refractivity contribution is -0.275. The molecule has 0 amide bonds. The first-order valence-corrected chi connectivity index (χ1v) is 10.2. The van der Waals surface area contributed by atoms with Gasteiger partial charge in [0, 0.05) is 29.2 Å². The van der Waals surface area contributed by atoms with E-state index in [4.69, 9.17) is 9.47 Å². The van der Waals surface area contributed by atoms with E-state index in [0.717, 1.165) is 32.2 Å². The third-order valence-corrected chi connectivity index (χ3v) is 6.58. The van der Waals surface area contributed by atoms with Crippen molar-refractivity contribution in [2.24, 2.45) is 5.92 Å². The fourth-order valence-corrected chi connectivity index (χ4v) is 4.59. The molecule has 2 N–H and O–H groups in total. The number of hydrogen-bond donors (Lipinski definition) is 2. The summed E-state index contributed by atoms with van der Waals surface area (Å²) in [7, 11) is 1.06. The van der Waals surface area contributed by atoms with E-state index < -0.39 is 58.1 Å². The molecule has 7 nitrogen and oxygen atoms in total. The fourth-order valence-electron chi connectivity index (χ4n) is 4.59. The highest BCUT2D eigenvalue weighted by Gasteiger charge is 2.65. The molecule has 2 aromatic heterocycles. The highest BCUT2D eigenvalue weighted by atomic mass is 19.4. The molecule has 0 spiro atoms. The van der Waals surface area contributed by atoms with E-state index >= 15 is 0 Å². The maximum atomic E-state index is 14.5. The maximum Gasteiger partial charge on any atom is 0.417 e. The Morgan fingerprint density at radius 3 is 2.50 bits per heavy atom. The van der Waals surface area contributed by atoms with Gasteiger partial charge in [-0.15, -0.1) is 0 Å². The zero-order valence-electron chi connectivity index (χ0n) is 18.4. The van der Waals surface area contributed by atoms with E-state index in [-0.39, 0.29) is 27.9 Å². The molecule has 1 aliphatic heterocycles. The van der Waals surface area contributed by atoms with Gasteiger partial charge in [-0.3, -0.25) is 9.59 Å². The quantitative estimate of drug-likeness (QED) is 0.547. The number of nitrogens with zero attached hydrogens (tertiary/aromatic N) is 1. The Labute approximate surface area is 188 Å². The van der Waals surface area contributed by atoms with Crippen LogP contribution in [0, 0.1) is 24.5 Å². The van der Waals surface area contributed by atoms with Gasteiger partial charge in [0.1, 0.15) is 11.6 Å². The Morgan fingerprint density at radius 1 is 1.21 bits per heavy atom. The number of aryl methyl sites for hydroxylation is 1. The van der Waals surface area contributed by atoms with E-state index in [1.807, 2.05) is 0 Å². The number of aromatic nitrogens is 3. The van der Waals surface area contributed by atoms with Gasteiger partial charge in [0.25, 0.3) is 5.56 Å². The van der Waals surface area contributed by atoms with Gasteiger partial charge >= 0.3 is 6.18 Å². The Morgan fingerprint density at radius 2 is 1.88 bits per heavy atom. The lowest BCUT2D eigenvalue weighted by Crippen LogP contribution is -2.46. The average molecular weight is 485 g/mol. The predicted molar refractivity (Wildman–Crippen MR) is 111 cm³/mol. The van der Waals surface area contributed by atoms with Crippen LogP contribution in [0.3, 0.4) is 0 Å². The highest BCUT2D eigenvalue weighted by Crippen LogP contribution is 2.59. The van der Waals surface area contributed by atoms with Crippen LogP contribution in [-0.4, -0.2) is 34.1 Å². The standard InChI is InChI=1S/C22H20F5N3O4/c1-8-14(10-5-6-11(23)16(24)18(10)33-4)19(34-21(8,3)22(25,26)27)12-7-13(31)15-9(2)29-30-20(32)17(15)28-12/h5-8,14,19H,1-4H3,(H,28,31)(H,30,32)/t8-,14-,19-,21+/m0/s1. The summed E-state index contributed by atoms with van der Waals surface area (Å²) in [6.45, 7) is 3.59. The van der Waals surface area contributed by atoms with Crippen LogP contribution in [0.25, 0.3) is 10.9 Å². The van der Waals surface area contributed by atoms with Gasteiger partial charge in [-0.05, 0) is 19.9 Å². The first-order valence-electron chi connectivity index (χ1n) is 10.2. The van der Waals surface area contributed by atoms with Crippen LogP contribution in [0.5, 0.6) is 5.75 Å². The van der Waals surface area contributed by atoms with Crippen molar-refractivity contribution >= 4 is 10.9 Å². The van der Waals surface area contributed by atoms with Crippen molar-refractivity contribution in [2.45, 2.75) is 44.6 Å². The number of benzene rings is 1. The lowest BCUT2D eigenvalue weighted by atomic mass is 9.76. The Hall–Kier alpha value is -3.28. The summed E-state index contributed by atoms with van der Waals surface area (Å²) in [4.78, 5) is 27.8. The molecule has 182 valence electrons. The Bertz CT molecular complexity index is 1400. The molecule has 0 aliphatic carbocycles. The molecule has 3 aromatic rings. The number of nitrogens with one attached hydrogen (secondary N) is 2. The van der Waals surface area contributed by atoms with Crippen molar-refractivity contribution < 1.29 is 31.4 Å². The van der Waals surface area contributed by atoms with Crippen molar-refractivity contribution in [3.05, 3.63) is 67.4 Å². The zero-order valence-corrected chi connectivity index (χ0v) is 18.4. The molecule has 12 heteroatoms. The molecule has 1 aliphatic rings. The maximum absolute atomic E-state index is 14.5. The van der Waals surface area contributed by atoms with Crippen LogP contribution < -0.4 is 15.7 Å². The first kappa shape index (κ1) is 23.9. The molecule has 3 heterocycles. The predicted octanol–water partition coefficient (Wildman–Crippen LogP) is 4.02. The lowest BCUT2D eigenvalue weighted by Gasteiger charge is -2.32. The van der Waals surface area contributed by atoms with Crippen molar-refractivity contribution in [3.8, 4) is 5.75 Å². The monoisotopic (exact) mass is 485 g/mol. The SMILES string of the molecule is COc1c([C@H]2[C@H](c3cc(=O)c4c(C)n[nH]c(=O)c4[nH]3)O[C@@](C)(C(F)(F)F)[C@H]2C)ccc(F)c1F. The zero-order chi connectivity index (χ0) is 25.2. The van der Waals surface area contributed by atoms with Gasteiger partial charge < -0.3 is 14.5 Å². The topological polar surface area (TPSA) is 97.1 Å². The number of rotatable bonds is 3. The minimum Gasteiger partial charge on any atom is -0.493 e. The number of H-pyrrole nitrogens is 2. The number of alkyl halides is 3. The van der Waals surface area contributed by atoms with E-state index in [9.17, 15) is 31.5 Å². The normalized spacial score (nSPS) is 25.1. The summed E-state index contributed by atoms with van der Waals surface area (Å²) >= 11 is 0. The van der Waals surface area contributed by atoms with Crippen molar-refractivity contribution in [1.82, 2.24) is 15.2 Å². The molecule has 0 unspecified atom stereocenters. The second kappa shape index (κ2) is 7.90. The van der Waals surface area contributed by atoms with Crippen LogP contribution in [0.4, 0.5) is 22.0 Å². The minimum atomic E-state index is -4.85. The molecular formula is C22H20F5N3O4. The molecule has 4 atom stereocenters. The van der Waals surface area contributed by atoms with Crippen LogP contribution in [-0.2, 0) is 4.74 Å². The molecule has 1 fully saturated rings. The van der Waals surface area contributed by atoms with Gasteiger partial charge in [-0.2, -0.15) is 22.7 Å². The smallest absolute Gasteiger partial charge is 0.417 e. The molecular weight excluding hydrogens is 465 g/mol. The van der Waals surface area contributed by atoms with Crippen LogP contribution in [0.15, 0.2) is 27.8 Å². The van der Waals surface area contributed by atoms with Crippen LogP contribution >= 0.6 is 0 Å². The van der Waals surface area contributed by atoms with Crippen LogP contribution in [0.2, 0.25) is 0 Å². The fraction of sp³-hybridized carbons (Fsp3) is 0.409.